The summed E-state index contributed by atoms with van der Waals surface area (Å²) >= 11 is 1.43. The van der Waals surface area contributed by atoms with Crippen molar-refractivity contribution < 1.29 is 23.2 Å². The molecule has 4 aromatic rings. The largest absolute Gasteiger partial charge is 0.338 e. The van der Waals surface area contributed by atoms with E-state index in [1.165, 1.54) is 52.6 Å². The zero-order valence-electron chi connectivity index (χ0n) is 25.0. The molecule has 2 aliphatic rings. The highest BCUT2D eigenvalue weighted by Gasteiger charge is 2.58. The van der Waals surface area contributed by atoms with E-state index >= 15 is 0 Å². The van der Waals surface area contributed by atoms with Gasteiger partial charge in [-0.05, 0) is 78.9 Å². The Morgan fingerprint density at radius 1 is 0.889 bits per heavy atom. The first-order chi connectivity index (χ1) is 21.7. The predicted molar refractivity (Wildman–Crippen MR) is 170 cm³/mol. The van der Waals surface area contributed by atoms with Crippen LogP contribution in [-0.4, -0.2) is 59.7 Å². The Morgan fingerprint density at radius 2 is 1.56 bits per heavy atom. The number of carbonyl (C=O) groups excluding carboxylic acids is 3. The molecular formula is C35H34F2N4O3S. The molecule has 10 heteroatoms. The molecule has 7 nitrogen and oxygen atoms in total. The molecule has 4 unspecified atom stereocenters. The standard InChI is InChI=1S/C35H34F2N4O3S/c1-21-4-3-5-24(20-21)32(42)29-28(23-6-8-25(36)9-7-23)31(34(43)40-17-15-38-16-18-40)41(30(29)33-22(2)14-19-45-33)35(44)39-27-12-10-26(37)11-13-27/h3-14,19-20,28-31,38H,15-18H2,1-2H3,(H,39,44). The lowest BCUT2D eigenvalue weighted by molar-refractivity contribution is -0.136. The Bertz CT molecular complexity index is 1700. The van der Waals surface area contributed by atoms with Gasteiger partial charge in [-0.3, -0.25) is 9.59 Å². The van der Waals surface area contributed by atoms with E-state index in [0.717, 1.165) is 16.0 Å². The molecule has 6 rings (SSSR count). The summed E-state index contributed by atoms with van der Waals surface area (Å²) in [6.45, 7) is 5.91. The maximum Gasteiger partial charge on any atom is 0.323 e. The van der Waals surface area contributed by atoms with Crippen LogP contribution in [0.1, 0.15) is 43.9 Å². The number of amides is 3. The van der Waals surface area contributed by atoms with Crippen molar-refractivity contribution in [3.8, 4) is 0 Å². The first kappa shape index (κ1) is 30.6. The fourth-order valence-electron chi connectivity index (χ4n) is 6.58. The van der Waals surface area contributed by atoms with Gasteiger partial charge in [0, 0.05) is 48.2 Å². The molecule has 45 heavy (non-hydrogen) atoms. The van der Waals surface area contributed by atoms with E-state index in [9.17, 15) is 23.2 Å². The number of carbonyl (C=O) groups is 3. The van der Waals surface area contributed by atoms with Crippen LogP contribution in [0.25, 0.3) is 0 Å². The second kappa shape index (κ2) is 12.9. The number of urea groups is 1. The van der Waals surface area contributed by atoms with Crippen LogP contribution in [0.4, 0.5) is 19.3 Å². The van der Waals surface area contributed by atoms with E-state index in [1.807, 2.05) is 43.5 Å². The van der Waals surface area contributed by atoms with Crippen LogP contribution in [0.15, 0.2) is 84.2 Å². The Kier molecular flexibility index (Phi) is 8.78. The number of rotatable bonds is 6. The minimum Gasteiger partial charge on any atom is -0.338 e. The summed E-state index contributed by atoms with van der Waals surface area (Å²) in [7, 11) is 0. The molecule has 4 atom stereocenters. The van der Waals surface area contributed by atoms with Gasteiger partial charge in [0.05, 0.1) is 12.0 Å². The summed E-state index contributed by atoms with van der Waals surface area (Å²) in [5.41, 5.74) is 3.20. The maximum atomic E-state index is 14.8. The summed E-state index contributed by atoms with van der Waals surface area (Å²) in [5.74, 6) is -3.04. The van der Waals surface area contributed by atoms with Gasteiger partial charge in [-0.2, -0.15) is 0 Å². The van der Waals surface area contributed by atoms with Crippen molar-refractivity contribution in [1.82, 2.24) is 15.1 Å². The van der Waals surface area contributed by atoms with Crippen molar-refractivity contribution in [1.29, 1.82) is 0 Å². The number of halogens is 2. The van der Waals surface area contributed by atoms with Crippen LogP contribution >= 0.6 is 11.3 Å². The van der Waals surface area contributed by atoms with Crippen molar-refractivity contribution in [2.24, 2.45) is 5.92 Å². The quantitative estimate of drug-likeness (QED) is 0.245. The van der Waals surface area contributed by atoms with E-state index in [4.69, 9.17) is 0 Å². The first-order valence-electron chi connectivity index (χ1n) is 15.0. The molecule has 0 radical (unpaired) electrons. The number of aryl methyl sites for hydroxylation is 2. The van der Waals surface area contributed by atoms with E-state index in [0.29, 0.717) is 43.0 Å². The number of benzene rings is 3. The molecule has 3 heterocycles. The third-order valence-electron chi connectivity index (χ3n) is 8.71. The van der Waals surface area contributed by atoms with Gasteiger partial charge in [0.25, 0.3) is 0 Å². The molecule has 2 aliphatic heterocycles. The van der Waals surface area contributed by atoms with E-state index in [2.05, 4.69) is 10.6 Å². The molecule has 3 aromatic carbocycles. The maximum absolute atomic E-state index is 14.8. The van der Waals surface area contributed by atoms with Crippen LogP contribution in [0.5, 0.6) is 0 Å². The summed E-state index contributed by atoms with van der Waals surface area (Å²) in [5, 5.41) is 8.04. The molecule has 2 N–H and O–H groups in total. The summed E-state index contributed by atoms with van der Waals surface area (Å²) < 4.78 is 28.0. The highest BCUT2D eigenvalue weighted by molar-refractivity contribution is 7.10. The fraction of sp³-hybridized carbons (Fsp3) is 0.286. The van der Waals surface area contributed by atoms with Crippen LogP contribution < -0.4 is 10.6 Å². The lowest BCUT2D eigenvalue weighted by Gasteiger charge is -2.36. The Morgan fingerprint density at radius 3 is 2.18 bits per heavy atom. The molecule has 1 aromatic heterocycles. The molecule has 2 saturated heterocycles. The minimum atomic E-state index is -1.08. The number of nitrogens with one attached hydrogen (secondary N) is 2. The zero-order chi connectivity index (χ0) is 31.7. The number of anilines is 1. The molecular weight excluding hydrogens is 594 g/mol. The Balaban J connectivity index is 1.57. The minimum absolute atomic E-state index is 0.207. The monoisotopic (exact) mass is 628 g/mol. The summed E-state index contributed by atoms with van der Waals surface area (Å²) in [4.78, 5) is 47.9. The molecule has 0 saturated carbocycles. The topological polar surface area (TPSA) is 81.8 Å². The number of Topliss-reactive ketones (excluding diaryl/α,β-unsaturated/α-hetero) is 1. The third-order valence-corrected chi connectivity index (χ3v) is 9.80. The second-order valence-corrected chi connectivity index (χ2v) is 12.6. The lowest BCUT2D eigenvalue weighted by atomic mass is 9.76. The van der Waals surface area contributed by atoms with Gasteiger partial charge >= 0.3 is 6.03 Å². The van der Waals surface area contributed by atoms with Gasteiger partial charge in [-0.1, -0.05) is 35.9 Å². The molecule has 0 bridgehead atoms. The average Bonchev–Trinajstić information content (AvgIpc) is 3.63. The van der Waals surface area contributed by atoms with Gasteiger partial charge in [0.1, 0.15) is 17.7 Å². The molecule has 0 spiro atoms. The van der Waals surface area contributed by atoms with Crippen LogP contribution in [0, 0.1) is 31.4 Å². The highest BCUT2D eigenvalue weighted by Crippen LogP contribution is 2.53. The summed E-state index contributed by atoms with van der Waals surface area (Å²) in [6, 6.07) is 18.0. The van der Waals surface area contributed by atoms with Crippen molar-refractivity contribution in [2.75, 3.05) is 31.5 Å². The first-order valence-corrected chi connectivity index (χ1v) is 15.9. The second-order valence-electron chi connectivity index (χ2n) is 11.6. The SMILES string of the molecule is Cc1cccc(C(=O)C2C(c3ccc(F)cc3)C(C(=O)N3CCNCC3)N(C(=O)Nc3ccc(F)cc3)C2c2sccc2C)c1. The average molecular weight is 629 g/mol. The number of thiophene rings is 1. The van der Waals surface area contributed by atoms with Crippen LogP contribution in [-0.2, 0) is 4.79 Å². The predicted octanol–water partition coefficient (Wildman–Crippen LogP) is 6.32. The van der Waals surface area contributed by atoms with E-state index < -0.39 is 41.6 Å². The summed E-state index contributed by atoms with van der Waals surface area (Å²) in [6.07, 6.45) is 0. The number of ketones is 1. The molecule has 0 aliphatic carbocycles. The smallest absolute Gasteiger partial charge is 0.323 e. The van der Waals surface area contributed by atoms with Crippen molar-refractivity contribution >= 4 is 34.7 Å². The third kappa shape index (κ3) is 6.12. The highest BCUT2D eigenvalue weighted by atomic mass is 32.1. The van der Waals surface area contributed by atoms with E-state index in [1.54, 1.807) is 23.1 Å². The van der Waals surface area contributed by atoms with E-state index in [-0.39, 0.29) is 11.7 Å². The zero-order valence-corrected chi connectivity index (χ0v) is 25.8. The van der Waals surface area contributed by atoms with Crippen molar-refractivity contribution in [3.05, 3.63) is 123 Å². The van der Waals surface area contributed by atoms with Gasteiger partial charge in [0.15, 0.2) is 5.78 Å². The fourth-order valence-corrected chi connectivity index (χ4v) is 7.65. The number of hydrogen-bond acceptors (Lipinski definition) is 5. The van der Waals surface area contributed by atoms with Crippen molar-refractivity contribution in [2.45, 2.75) is 31.8 Å². The molecule has 3 amide bonds. The van der Waals surface area contributed by atoms with Gasteiger partial charge in [-0.15, -0.1) is 11.3 Å². The number of hydrogen-bond donors (Lipinski definition) is 2. The van der Waals surface area contributed by atoms with Crippen LogP contribution in [0.2, 0.25) is 0 Å². The molecule has 2 fully saturated rings. The van der Waals surface area contributed by atoms with Gasteiger partial charge in [-0.25, -0.2) is 13.6 Å². The van der Waals surface area contributed by atoms with Gasteiger partial charge < -0.3 is 20.4 Å². The number of likely N-dealkylation sites (tertiary alicyclic amines) is 1. The lowest BCUT2D eigenvalue weighted by Crippen LogP contribution is -2.55. The van der Waals surface area contributed by atoms with Crippen molar-refractivity contribution in [3.63, 3.8) is 0 Å². The molecule has 232 valence electrons. The number of piperazine rings is 1. The normalized spacial score (nSPS) is 21.5. The Hall–Kier alpha value is -4.41. The van der Waals surface area contributed by atoms with Gasteiger partial charge in [0.2, 0.25) is 5.91 Å². The number of nitrogens with zero attached hydrogens (tertiary/aromatic N) is 2. The Labute approximate surface area is 264 Å². The van der Waals surface area contributed by atoms with Crippen LogP contribution in [0.3, 0.4) is 0 Å².